The Balaban J connectivity index is 2.07. The number of likely N-dealkylation sites (tertiary alicyclic amines) is 1. The Hall–Kier alpha value is -1.84. The average Bonchev–Trinajstić information content (AvgIpc) is 2.46. The summed E-state index contributed by atoms with van der Waals surface area (Å²) in [6, 6.07) is 8.10. The number of nitrogens with zero attached hydrogens (tertiary/aromatic N) is 1. The lowest BCUT2D eigenvalue weighted by atomic mass is 9.74. The van der Waals surface area contributed by atoms with Gasteiger partial charge in [0.05, 0.1) is 5.41 Å². The summed E-state index contributed by atoms with van der Waals surface area (Å²) in [5, 5.41) is 0. The summed E-state index contributed by atoms with van der Waals surface area (Å²) in [5.41, 5.74) is 1.24. The van der Waals surface area contributed by atoms with Gasteiger partial charge in [0, 0.05) is 13.1 Å². The first kappa shape index (κ1) is 16.5. The van der Waals surface area contributed by atoms with Crippen LogP contribution in [0.25, 0.3) is 0 Å². The van der Waals surface area contributed by atoms with Crippen molar-refractivity contribution in [1.29, 1.82) is 0 Å². The highest BCUT2D eigenvalue weighted by Gasteiger charge is 2.38. The minimum atomic E-state index is -0.493. The lowest BCUT2D eigenvalue weighted by Crippen LogP contribution is -2.47. The van der Waals surface area contributed by atoms with Gasteiger partial charge in [0.2, 0.25) is 0 Å². The van der Waals surface area contributed by atoms with E-state index in [0.29, 0.717) is 25.9 Å². The van der Waals surface area contributed by atoms with Crippen LogP contribution in [0.1, 0.15) is 44.7 Å². The quantitative estimate of drug-likeness (QED) is 0.786. The number of carbonyl (C=O) groups excluding carboxylic acids is 2. The Morgan fingerprint density at radius 2 is 1.73 bits per heavy atom. The summed E-state index contributed by atoms with van der Waals surface area (Å²) in [5.74, 6) is 0. The molecule has 0 N–H and O–H groups in total. The molecule has 4 nitrogen and oxygen atoms in total. The van der Waals surface area contributed by atoms with Crippen molar-refractivity contribution in [3.05, 3.63) is 35.4 Å². The van der Waals surface area contributed by atoms with E-state index in [1.807, 2.05) is 52.0 Å². The number of piperidine rings is 1. The zero-order valence-electron chi connectivity index (χ0n) is 13.9. The van der Waals surface area contributed by atoms with E-state index in [-0.39, 0.29) is 6.09 Å². The molecule has 0 unspecified atom stereocenters. The number of benzene rings is 1. The Bertz CT molecular complexity index is 534. The van der Waals surface area contributed by atoms with Crippen molar-refractivity contribution in [1.82, 2.24) is 4.90 Å². The van der Waals surface area contributed by atoms with Crippen LogP contribution in [0.2, 0.25) is 0 Å². The van der Waals surface area contributed by atoms with Crippen molar-refractivity contribution in [2.24, 2.45) is 0 Å². The van der Waals surface area contributed by atoms with E-state index in [1.165, 1.54) is 5.56 Å². The predicted molar refractivity (Wildman–Crippen MR) is 86.0 cm³/mol. The van der Waals surface area contributed by atoms with Crippen LogP contribution >= 0.6 is 0 Å². The van der Waals surface area contributed by atoms with E-state index in [2.05, 4.69) is 0 Å². The van der Waals surface area contributed by atoms with Crippen LogP contribution in [0.4, 0.5) is 4.79 Å². The third-order valence-corrected chi connectivity index (χ3v) is 4.16. The topological polar surface area (TPSA) is 46.6 Å². The van der Waals surface area contributed by atoms with Gasteiger partial charge in [-0.1, -0.05) is 29.8 Å². The van der Waals surface area contributed by atoms with Gasteiger partial charge in [0.25, 0.3) is 0 Å². The third-order valence-electron chi connectivity index (χ3n) is 4.16. The Morgan fingerprint density at radius 3 is 2.18 bits per heavy atom. The maximum absolute atomic E-state index is 12.1. The van der Waals surface area contributed by atoms with Gasteiger partial charge in [-0.25, -0.2) is 4.79 Å². The van der Waals surface area contributed by atoms with Crippen LogP contribution in [0, 0.1) is 6.92 Å². The number of ether oxygens (including phenoxy) is 1. The molecule has 1 aromatic carbocycles. The van der Waals surface area contributed by atoms with Gasteiger partial charge < -0.3 is 14.4 Å². The summed E-state index contributed by atoms with van der Waals surface area (Å²) >= 11 is 0. The van der Waals surface area contributed by atoms with Gasteiger partial charge in [0.1, 0.15) is 11.9 Å². The molecule has 1 amide bonds. The minimum absolute atomic E-state index is 0.295. The number of carbonyl (C=O) groups is 2. The van der Waals surface area contributed by atoms with Crippen LogP contribution in [0.15, 0.2) is 24.3 Å². The molecule has 0 radical (unpaired) electrons. The highest BCUT2D eigenvalue weighted by molar-refractivity contribution is 5.72. The summed E-state index contributed by atoms with van der Waals surface area (Å²) < 4.78 is 5.40. The first-order chi connectivity index (χ1) is 10.3. The predicted octanol–water partition coefficient (Wildman–Crippen LogP) is 3.46. The molecule has 0 atom stereocenters. The highest BCUT2D eigenvalue weighted by Crippen LogP contribution is 2.34. The second kappa shape index (κ2) is 6.11. The molecule has 120 valence electrons. The summed E-state index contributed by atoms with van der Waals surface area (Å²) in [4.78, 5) is 25.5. The van der Waals surface area contributed by atoms with Crippen LogP contribution in [-0.2, 0) is 14.9 Å². The standard InChI is InChI=1S/C18H25NO3/c1-14-5-7-15(8-6-14)18(13-20)9-11-19(12-10-18)16(21)22-17(2,3)4/h5-8,13H,9-12H2,1-4H3. The van der Waals surface area contributed by atoms with Gasteiger partial charge >= 0.3 is 6.09 Å². The second-order valence-corrected chi connectivity index (χ2v) is 7.11. The van der Waals surface area contributed by atoms with Gasteiger partial charge in [-0.3, -0.25) is 0 Å². The van der Waals surface area contributed by atoms with Gasteiger partial charge in [-0.2, -0.15) is 0 Å². The zero-order chi connectivity index (χ0) is 16.4. The number of amides is 1. The molecule has 4 heteroatoms. The van der Waals surface area contributed by atoms with E-state index < -0.39 is 11.0 Å². The maximum atomic E-state index is 12.1. The number of rotatable bonds is 2. The molecule has 1 saturated heterocycles. The van der Waals surface area contributed by atoms with Crippen molar-refractivity contribution in [3.63, 3.8) is 0 Å². The number of aryl methyl sites for hydroxylation is 1. The monoisotopic (exact) mass is 303 g/mol. The second-order valence-electron chi connectivity index (χ2n) is 7.11. The fraction of sp³-hybridized carbons (Fsp3) is 0.556. The van der Waals surface area contributed by atoms with Crippen LogP contribution in [0.3, 0.4) is 0 Å². The Labute approximate surface area is 132 Å². The zero-order valence-corrected chi connectivity index (χ0v) is 13.9. The maximum Gasteiger partial charge on any atom is 0.410 e. The molecule has 0 aliphatic carbocycles. The van der Waals surface area contributed by atoms with Crippen LogP contribution in [-0.4, -0.2) is 36.0 Å². The van der Waals surface area contributed by atoms with Crippen molar-refractivity contribution >= 4 is 12.4 Å². The molecular weight excluding hydrogens is 278 g/mol. The normalized spacial score (nSPS) is 17.9. The molecule has 1 heterocycles. The van der Waals surface area contributed by atoms with E-state index >= 15 is 0 Å². The molecule has 0 spiro atoms. The molecule has 22 heavy (non-hydrogen) atoms. The van der Waals surface area contributed by atoms with Gasteiger partial charge in [0.15, 0.2) is 0 Å². The number of aldehydes is 1. The van der Waals surface area contributed by atoms with E-state index in [4.69, 9.17) is 4.74 Å². The molecule has 0 bridgehead atoms. The fourth-order valence-corrected chi connectivity index (χ4v) is 2.77. The summed E-state index contributed by atoms with van der Waals surface area (Å²) in [7, 11) is 0. The molecule has 1 aromatic rings. The van der Waals surface area contributed by atoms with Crippen molar-refractivity contribution < 1.29 is 14.3 Å². The molecule has 0 saturated carbocycles. The van der Waals surface area contributed by atoms with Crippen molar-refractivity contribution in [3.8, 4) is 0 Å². The van der Waals surface area contributed by atoms with Crippen LogP contribution in [0.5, 0.6) is 0 Å². The Kier molecular flexibility index (Phi) is 4.59. The Morgan fingerprint density at radius 1 is 1.18 bits per heavy atom. The minimum Gasteiger partial charge on any atom is -0.444 e. The molecule has 2 rings (SSSR count). The van der Waals surface area contributed by atoms with Crippen molar-refractivity contribution in [2.45, 2.75) is 51.6 Å². The van der Waals surface area contributed by atoms with Gasteiger partial charge in [-0.05, 0) is 46.1 Å². The first-order valence-corrected chi connectivity index (χ1v) is 7.77. The third kappa shape index (κ3) is 3.67. The number of hydrogen-bond donors (Lipinski definition) is 0. The largest absolute Gasteiger partial charge is 0.444 e. The van der Waals surface area contributed by atoms with E-state index in [0.717, 1.165) is 11.8 Å². The molecular formula is C18H25NO3. The lowest BCUT2D eigenvalue weighted by molar-refractivity contribution is -0.114. The molecule has 0 aromatic heterocycles. The first-order valence-electron chi connectivity index (χ1n) is 7.77. The highest BCUT2D eigenvalue weighted by atomic mass is 16.6. The van der Waals surface area contributed by atoms with Crippen LogP contribution < -0.4 is 0 Å². The summed E-state index contributed by atoms with van der Waals surface area (Å²) in [6.45, 7) is 8.69. The van der Waals surface area contributed by atoms with Crippen molar-refractivity contribution in [2.75, 3.05) is 13.1 Å². The van der Waals surface area contributed by atoms with E-state index in [1.54, 1.807) is 4.90 Å². The van der Waals surface area contributed by atoms with Gasteiger partial charge in [-0.15, -0.1) is 0 Å². The van der Waals surface area contributed by atoms with E-state index in [9.17, 15) is 9.59 Å². The smallest absolute Gasteiger partial charge is 0.410 e. The SMILES string of the molecule is Cc1ccc(C2(C=O)CCN(C(=O)OC(C)(C)C)CC2)cc1. The average molecular weight is 303 g/mol. The fourth-order valence-electron chi connectivity index (χ4n) is 2.77. The molecule has 1 aliphatic heterocycles. The molecule has 1 fully saturated rings. The lowest BCUT2D eigenvalue weighted by Gasteiger charge is -2.39. The summed E-state index contributed by atoms with van der Waals surface area (Å²) in [6.07, 6.45) is 2.03. The number of hydrogen-bond acceptors (Lipinski definition) is 3. The molecule has 1 aliphatic rings.